The van der Waals surface area contributed by atoms with E-state index in [1.165, 1.54) is 6.92 Å². The highest BCUT2D eigenvalue weighted by molar-refractivity contribution is 8.03. The fourth-order valence-corrected chi connectivity index (χ4v) is 4.42. The Morgan fingerprint density at radius 1 is 1.29 bits per heavy atom. The van der Waals surface area contributed by atoms with Crippen LogP contribution in [0.4, 0.5) is 5.69 Å². The maximum absolute atomic E-state index is 11.0. The quantitative estimate of drug-likeness (QED) is 0.481. The molecule has 0 saturated heterocycles. The number of ether oxygens (including phenoxy) is 1. The van der Waals surface area contributed by atoms with E-state index >= 15 is 0 Å². The second-order valence-electron chi connectivity index (χ2n) is 5.15. The number of nitrogens with one attached hydrogen (secondary N) is 1. The number of benzene rings is 2. The van der Waals surface area contributed by atoms with Gasteiger partial charge in [-0.15, -0.1) is 11.3 Å². The van der Waals surface area contributed by atoms with Crippen molar-refractivity contribution in [2.24, 2.45) is 0 Å². The molecule has 7 heteroatoms. The van der Waals surface area contributed by atoms with E-state index in [2.05, 4.69) is 10.3 Å². The molecular weight excluding hydrogens is 364 g/mol. The van der Waals surface area contributed by atoms with Crippen LogP contribution in [0.15, 0.2) is 46.3 Å². The van der Waals surface area contributed by atoms with E-state index in [0.717, 1.165) is 30.8 Å². The number of hydrogen-bond acceptors (Lipinski definition) is 6. The van der Waals surface area contributed by atoms with Crippen LogP contribution in [0.1, 0.15) is 11.9 Å². The molecule has 2 aromatic carbocycles. The number of esters is 1. The van der Waals surface area contributed by atoms with Crippen LogP contribution in [-0.4, -0.2) is 11.0 Å². The highest BCUT2D eigenvalue weighted by atomic mass is 35.5. The third-order valence-corrected chi connectivity index (χ3v) is 5.55. The summed E-state index contributed by atoms with van der Waals surface area (Å²) < 4.78 is 6.14. The molecule has 0 spiro atoms. The third-order valence-electron chi connectivity index (χ3n) is 3.31. The Labute approximate surface area is 151 Å². The molecule has 1 N–H and O–H groups in total. The molecule has 0 aliphatic carbocycles. The van der Waals surface area contributed by atoms with Gasteiger partial charge >= 0.3 is 5.97 Å². The number of aromatic nitrogens is 1. The lowest BCUT2D eigenvalue weighted by Gasteiger charge is -1.99. The van der Waals surface area contributed by atoms with Crippen molar-refractivity contribution in [2.75, 3.05) is 5.32 Å². The van der Waals surface area contributed by atoms with Crippen molar-refractivity contribution in [3.05, 3.63) is 51.5 Å². The second-order valence-corrected chi connectivity index (χ2v) is 7.73. The predicted octanol–water partition coefficient (Wildman–Crippen LogP) is 5.39. The van der Waals surface area contributed by atoms with Gasteiger partial charge in [-0.05, 0) is 30.3 Å². The van der Waals surface area contributed by atoms with Crippen molar-refractivity contribution >= 4 is 62.6 Å². The van der Waals surface area contributed by atoms with Gasteiger partial charge in [0.2, 0.25) is 0 Å². The molecule has 0 saturated carbocycles. The van der Waals surface area contributed by atoms with Crippen LogP contribution in [0, 0.1) is 0 Å². The molecule has 0 radical (unpaired) electrons. The number of fused-ring (bicyclic) bond motifs is 2. The number of halogens is 1. The lowest BCUT2D eigenvalue weighted by Crippen LogP contribution is -2.00. The van der Waals surface area contributed by atoms with Crippen molar-refractivity contribution in [1.29, 1.82) is 0 Å². The number of rotatable bonds is 2. The van der Waals surface area contributed by atoms with Gasteiger partial charge in [-0.1, -0.05) is 23.4 Å². The van der Waals surface area contributed by atoms with E-state index in [9.17, 15) is 4.79 Å². The van der Waals surface area contributed by atoms with Crippen LogP contribution in [-0.2, 0) is 4.79 Å². The first-order chi connectivity index (χ1) is 11.6. The number of anilines is 1. The van der Waals surface area contributed by atoms with Gasteiger partial charge < -0.3 is 10.1 Å². The minimum absolute atomic E-state index is 0.338. The van der Waals surface area contributed by atoms with Crippen molar-refractivity contribution in [2.45, 2.75) is 11.8 Å². The number of carbonyl (C=O) groups excluding carboxylic acids is 1. The zero-order valence-electron chi connectivity index (χ0n) is 12.5. The van der Waals surface area contributed by atoms with Gasteiger partial charge in [0.15, 0.2) is 0 Å². The molecule has 0 unspecified atom stereocenters. The molecule has 3 aromatic rings. The summed E-state index contributed by atoms with van der Waals surface area (Å²) >= 11 is 9.26. The zero-order chi connectivity index (χ0) is 16.7. The number of hydrogen-bond donors (Lipinski definition) is 1. The number of nitrogens with zero attached hydrogens (tertiary/aromatic N) is 1. The van der Waals surface area contributed by atoms with Crippen molar-refractivity contribution in [3.63, 3.8) is 0 Å². The average Bonchev–Trinajstić information content (AvgIpc) is 3.08. The minimum Gasteiger partial charge on any atom is -0.427 e. The van der Waals surface area contributed by atoms with Gasteiger partial charge in [0.1, 0.15) is 10.8 Å². The maximum Gasteiger partial charge on any atom is 0.308 e. The Bertz CT molecular complexity index is 997. The monoisotopic (exact) mass is 374 g/mol. The molecule has 0 atom stereocenters. The molecule has 4 rings (SSSR count). The number of thioether (sulfide) groups is 1. The van der Waals surface area contributed by atoms with Gasteiger partial charge in [-0.25, -0.2) is 4.98 Å². The Hall–Kier alpha value is -2.02. The smallest absolute Gasteiger partial charge is 0.308 e. The summed E-state index contributed by atoms with van der Waals surface area (Å²) in [4.78, 5) is 16.8. The van der Waals surface area contributed by atoms with Crippen LogP contribution < -0.4 is 10.1 Å². The molecule has 2 heterocycles. The summed E-state index contributed by atoms with van der Waals surface area (Å²) in [6.45, 7) is 1.38. The van der Waals surface area contributed by atoms with Crippen LogP contribution in [0.25, 0.3) is 16.3 Å². The van der Waals surface area contributed by atoms with Crippen LogP contribution in [0.2, 0.25) is 5.02 Å². The van der Waals surface area contributed by atoms with E-state index in [1.54, 1.807) is 35.2 Å². The summed E-state index contributed by atoms with van der Waals surface area (Å²) in [5, 5.41) is 5.95. The molecule has 0 fully saturated rings. The van der Waals surface area contributed by atoms with Gasteiger partial charge in [0, 0.05) is 29.0 Å². The molecule has 24 heavy (non-hydrogen) atoms. The first-order valence-electron chi connectivity index (χ1n) is 7.12. The fourth-order valence-electron chi connectivity index (χ4n) is 2.36. The third kappa shape index (κ3) is 3.13. The van der Waals surface area contributed by atoms with Gasteiger partial charge in [0.25, 0.3) is 0 Å². The molecule has 1 aromatic heterocycles. The molecule has 1 aliphatic heterocycles. The van der Waals surface area contributed by atoms with E-state index in [-0.39, 0.29) is 5.97 Å². The van der Waals surface area contributed by atoms with Crippen molar-refractivity contribution in [3.8, 4) is 5.75 Å². The van der Waals surface area contributed by atoms with Crippen molar-refractivity contribution in [1.82, 2.24) is 4.98 Å². The molecule has 0 amide bonds. The first-order valence-corrected chi connectivity index (χ1v) is 9.13. The average molecular weight is 375 g/mol. The fraction of sp³-hybridized carbons (Fsp3) is 0.0588. The zero-order valence-corrected chi connectivity index (χ0v) is 14.9. The minimum atomic E-state index is -0.338. The maximum atomic E-state index is 11.0. The summed E-state index contributed by atoms with van der Waals surface area (Å²) in [5.74, 6) is 0.171. The van der Waals surface area contributed by atoms with Crippen LogP contribution in [0.3, 0.4) is 0 Å². The standard InChI is InChI=1S/C17H11ClN2O2S2/c1-9(21)22-11-3-5-15-13(7-11)20-17(24-15)8-16-19-12-6-10(18)2-4-14(12)23-16/h2-8,19H,1H3/b16-8-. The first kappa shape index (κ1) is 15.5. The molecule has 0 bridgehead atoms. The number of carbonyl (C=O) groups is 1. The second kappa shape index (κ2) is 6.12. The highest BCUT2D eigenvalue weighted by Crippen LogP contribution is 2.43. The summed E-state index contributed by atoms with van der Waals surface area (Å²) in [5.41, 5.74) is 1.83. The van der Waals surface area contributed by atoms with Crippen LogP contribution >= 0.6 is 34.7 Å². The molecule has 1 aliphatic rings. The summed E-state index contributed by atoms with van der Waals surface area (Å²) in [7, 11) is 0. The lowest BCUT2D eigenvalue weighted by molar-refractivity contribution is -0.131. The van der Waals surface area contributed by atoms with E-state index < -0.39 is 0 Å². The molecular formula is C17H11ClN2O2S2. The van der Waals surface area contributed by atoms with E-state index in [1.807, 2.05) is 30.3 Å². The topological polar surface area (TPSA) is 51.2 Å². The Kier molecular flexibility index (Phi) is 3.96. The normalized spacial score (nSPS) is 14.7. The Morgan fingerprint density at radius 2 is 2.17 bits per heavy atom. The van der Waals surface area contributed by atoms with Crippen LogP contribution in [0.5, 0.6) is 5.75 Å². The Morgan fingerprint density at radius 3 is 3.00 bits per heavy atom. The SMILES string of the molecule is CC(=O)Oc1ccc2sc(/C=C3/Nc4cc(Cl)ccc4S3)nc2c1. The van der Waals surface area contributed by atoms with Gasteiger partial charge in [-0.2, -0.15) is 0 Å². The Balaban J connectivity index is 1.62. The number of thiazole rings is 1. The molecule has 4 nitrogen and oxygen atoms in total. The van der Waals surface area contributed by atoms with E-state index in [0.29, 0.717) is 10.8 Å². The summed E-state index contributed by atoms with van der Waals surface area (Å²) in [6.07, 6.45) is 2.01. The van der Waals surface area contributed by atoms with E-state index in [4.69, 9.17) is 16.3 Å². The highest BCUT2D eigenvalue weighted by Gasteiger charge is 2.16. The molecule has 120 valence electrons. The predicted molar refractivity (Wildman–Crippen MR) is 99.8 cm³/mol. The van der Waals surface area contributed by atoms with Crippen molar-refractivity contribution < 1.29 is 9.53 Å². The summed E-state index contributed by atoms with van der Waals surface area (Å²) in [6, 6.07) is 11.3. The van der Waals surface area contributed by atoms with Gasteiger partial charge in [-0.3, -0.25) is 4.79 Å². The largest absolute Gasteiger partial charge is 0.427 e. The lowest BCUT2D eigenvalue weighted by atomic mass is 10.3. The van der Waals surface area contributed by atoms with Gasteiger partial charge in [0.05, 0.1) is 20.9 Å².